The van der Waals surface area contributed by atoms with Gasteiger partial charge in [0.2, 0.25) is 7.37 Å². The van der Waals surface area contributed by atoms with Gasteiger partial charge in [0.25, 0.3) is 0 Å². The summed E-state index contributed by atoms with van der Waals surface area (Å²) in [6.07, 6.45) is 3.34. The molecule has 0 saturated heterocycles. The van der Waals surface area contributed by atoms with Gasteiger partial charge in [-0.1, -0.05) is 13.3 Å². The molecule has 0 aliphatic carbocycles. The Morgan fingerprint density at radius 1 is 1.33 bits per heavy atom. The first-order valence-electron chi connectivity index (χ1n) is 4.13. The SMILES string of the molecule is CCCCP(=O)(O)CCCN.Cl. The van der Waals surface area contributed by atoms with Crippen molar-refractivity contribution < 1.29 is 9.46 Å². The minimum atomic E-state index is -2.81. The fraction of sp³-hybridized carbons (Fsp3) is 1.00. The van der Waals surface area contributed by atoms with E-state index in [9.17, 15) is 9.46 Å². The molecule has 0 aromatic carbocycles. The van der Waals surface area contributed by atoms with Crippen LogP contribution in [-0.2, 0) is 4.57 Å². The predicted molar refractivity (Wildman–Crippen MR) is 55.4 cm³/mol. The molecular formula is C7H19ClNO2P. The lowest BCUT2D eigenvalue weighted by molar-refractivity contribution is 0.474. The lowest BCUT2D eigenvalue weighted by Gasteiger charge is -2.09. The van der Waals surface area contributed by atoms with E-state index in [0.29, 0.717) is 25.3 Å². The molecule has 5 heteroatoms. The highest BCUT2D eigenvalue weighted by molar-refractivity contribution is 7.57. The Morgan fingerprint density at radius 2 is 1.83 bits per heavy atom. The van der Waals surface area contributed by atoms with Crippen LogP contribution in [0.4, 0.5) is 0 Å². The van der Waals surface area contributed by atoms with Crippen LogP contribution < -0.4 is 5.73 Å². The van der Waals surface area contributed by atoms with Crippen molar-refractivity contribution in [3.05, 3.63) is 0 Å². The summed E-state index contributed by atoms with van der Waals surface area (Å²) in [5.74, 6) is 0. The predicted octanol–water partition coefficient (Wildman–Crippen LogP) is 1.83. The second-order valence-electron chi connectivity index (χ2n) is 2.79. The average molecular weight is 216 g/mol. The zero-order chi connectivity index (χ0) is 8.74. The Hall–Kier alpha value is 0.440. The monoisotopic (exact) mass is 215 g/mol. The van der Waals surface area contributed by atoms with E-state index in [4.69, 9.17) is 5.73 Å². The Bertz CT molecular complexity index is 131. The number of halogens is 1. The van der Waals surface area contributed by atoms with Gasteiger partial charge in [0.1, 0.15) is 0 Å². The van der Waals surface area contributed by atoms with Gasteiger partial charge < -0.3 is 10.6 Å². The fourth-order valence-corrected chi connectivity index (χ4v) is 2.57. The van der Waals surface area contributed by atoms with E-state index in [1.807, 2.05) is 6.92 Å². The van der Waals surface area contributed by atoms with E-state index in [1.165, 1.54) is 0 Å². The zero-order valence-corrected chi connectivity index (χ0v) is 9.24. The summed E-state index contributed by atoms with van der Waals surface area (Å²) in [6, 6.07) is 0. The number of rotatable bonds is 6. The zero-order valence-electron chi connectivity index (χ0n) is 7.53. The Kier molecular flexibility index (Phi) is 10.0. The molecule has 0 aliphatic heterocycles. The Balaban J connectivity index is 0. The van der Waals surface area contributed by atoms with Crippen LogP contribution in [-0.4, -0.2) is 23.8 Å². The van der Waals surface area contributed by atoms with E-state index in [-0.39, 0.29) is 12.4 Å². The van der Waals surface area contributed by atoms with Crippen molar-refractivity contribution in [2.45, 2.75) is 26.2 Å². The van der Waals surface area contributed by atoms with E-state index >= 15 is 0 Å². The quantitative estimate of drug-likeness (QED) is 0.665. The molecule has 0 radical (unpaired) electrons. The molecule has 0 spiro atoms. The molecule has 76 valence electrons. The molecule has 3 N–H and O–H groups in total. The third kappa shape index (κ3) is 8.54. The fourth-order valence-electron chi connectivity index (χ4n) is 0.855. The number of hydrogen-bond donors (Lipinski definition) is 2. The van der Waals surface area contributed by atoms with Gasteiger partial charge in [-0.3, -0.25) is 4.57 Å². The maximum absolute atomic E-state index is 11.2. The minimum absolute atomic E-state index is 0. The Morgan fingerprint density at radius 3 is 2.25 bits per heavy atom. The molecule has 1 unspecified atom stereocenters. The largest absolute Gasteiger partial charge is 0.344 e. The summed E-state index contributed by atoms with van der Waals surface area (Å²) in [7, 11) is -2.81. The molecular weight excluding hydrogens is 197 g/mol. The summed E-state index contributed by atoms with van der Waals surface area (Å²) >= 11 is 0. The average Bonchev–Trinajstić information content (AvgIpc) is 1.97. The van der Waals surface area contributed by atoms with E-state index in [0.717, 1.165) is 12.8 Å². The van der Waals surface area contributed by atoms with Crippen molar-refractivity contribution in [1.29, 1.82) is 0 Å². The molecule has 12 heavy (non-hydrogen) atoms. The van der Waals surface area contributed by atoms with Crippen LogP contribution in [0.1, 0.15) is 26.2 Å². The van der Waals surface area contributed by atoms with Crippen molar-refractivity contribution in [3.8, 4) is 0 Å². The molecule has 3 nitrogen and oxygen atoms in total. The lowest BCUT2D eigenvalue weighted by Crippen LogP contribution is -2.03. The van der Waals surface area contributed by atoms with Crippen LogP contribution in [0.5, 0.6) is 0 Å². The molecule has 0 saturated carbocycles. The van der Waals surface area contributed by atoms with E-state index in [2.05, 4.69) is 0 Å². The summed E-state index contributed by atoms with van der Waals surface area (Å²) in [4.78, 5) is 9.28. The second kappa shape index (κ2) is 8.06. The topological polar surface area (TPSA) is 63.3 Å². The highest BCUT2D eigenvalue weighted by Gasteiger charge is 2.15. The summed E-state index contributed by atoms with van der Waals surface area (Å²) in [5, 5.41) is 0. The summed E-state index contributed by atoms with van der Waals surface area (Å²) in [6.45, 7) is 2.53. The van der Waals surface area contributed by atoms with Crippen molar-refractivity contribution in [2.24, 2.45) is 5.73 Å². The Labute approximate surface area is 80.6 Å². The number of nitrogens with two attached hydrogens (primary N) is 1. The van der Waals surface area contributed by atoms with Gasteiger partial charge in [-0.05, 0) is 19.4 Å². The highest BCUT2D eigenvalue weighted by Crippen LogP contribution is 2.41. The number of unbranched alkanes of at least 4 members (excludes halogenated alkanes) is 1. The van der Waals surface area contributed by atoms with Crippen LogP contribution >= 0.6 is 19.8 Å². The van der Waals surface area contributed by atoms with Crippen LogP contribution in [0.2, 0.25) is 0 Å². The standard InChI is InChI=1S/C7H18NO2P.ClH/c1-2-3-6-11(9,10)7-4-5-8;/h2-8H2,1H3,(H,9,10);1H. The van der Waals surface area contributed by atoms with Crippen molar-refractivity contribution in [1.82, 2.24) is 0 Å². The highest BCUT2D eigenvalue weighted by atomic mass is 35.5. The van der Waals surface area contributed by atoms with E-state index in [1.54, 1.807) is 0 Å². The van der Waals surface area contributed by atoms with Crippen LogP contribution in [0.15, 0.2) is 0 Å². The molecule has 0 amide bonds. The van der Waals surface area contributed by atoms with Crippen molar-refractivity contribution >= 4 is 19.8 Å². The van der Waals surface area contributed by atoms with Crippen LogP contribution in [0, 0.1) is 0 Å². The summed E-state index contributed by atoms with van der Waals surface area (Å²) < 4.78 is 11.2. The first kappa shape index (κ1) is 14.9. The molecule has 0 aliphatic rings. The van der Waals surface area contributed by atoms with Crippen LogP contribution in [0.3, 0.4) is 0 Å². The molecule has 0 fully saturated rings. The molecule has 0 aromatic heterocycles. The van der Waals surface area contributed by atoms with Gasteiger partial charge >= 0.3 is 0 Å². The molecule has 1 atom stereocenters. The third-order valence-electron chi connectivity index (χ3n) is 1.57. The van der Waals surface area contributed by atoms with Gasteiger partial charge in [-0.25, -0.2) is 0 Å². The second-order valence-corrected chi connectivity index (χ2v) is 5.38. The van der Waals surface area contributed by atoms with Gasteiger partial charge in [0.05, 0.1) is 0 Å². The van der Waals surface area contributed by atoms with Crippen molar-refractivity contribution in [2.75, 3.05) is 18.9 Å². The maximum atomic E-state index is 11.2. The maximum Gasteiger partial charge on any atom is 0.200 e. The lowest BCUT2D eigenvalue weighted by atomic mass is 10.4. The summed E-state index contributed by atoms with van der Waals surface area (Å²) in [5.41, 5.74) is 5.23. The molecule has 0 heterocycles. The van der Waals surface area contributed by atoms with Gasteiger partial charge in [0.15, 0.2) is 0 Å². The third-order valence-corrected chi connectivity index (χ3v) is 3.60. The van der Waals surface area contributed by atoms with Gasteiger partial charge in [-0.15, -0.1) is 12.4 Å². The molecule has 0 aromatic rings. The van der Waals surface area contributed by atoms with Gasteiger partial charge in [0, 0.05) is 12.3 Å². The first-order chi connectivity index (χ1) is 5.12. The van der Waals surface area contributed by atoms with Crippen molar-refractivity contribution in [3.63, 3.8) is 0 Å². The van der Waals surface area contributed by atoms with E-state index < -0.39 is 7.37 Å². The smallest absolute Gasteiger partial charge is 0.200 e. The normalized spacial score (nSPS) is 14.9. The molecule has 0 rings (SSSR count). The number of hydrogen-bond acceptors (Lipinski definition) is 2. The minimum Gasteiger partial charge on any atom is -0.344 e. The molecule has 0 bridgehead atoms. The first-order valence-corrected chi connectivity index (χ1v) is 6.16. The van der Waals surface area contributed by atoms with Gasteiger partial charge in [-0.2, -0.15) is 0 Å². The van der Waals surface area contributed by atoms with Crippen LogP contribution in [0.25, 0.3) is 0 Å².